The predicted molar refractivity (Wildman–Crippen MR) is 93.7 cm³/mol. The first kappa shape index (κ1) is 18.9. The number of rotatable bonds is 6. The van der Waals surface area contributed by atoms with Gasteiger partial charge in [-0.3, -0.25) is 4.79 Å². The van der Waals surface area contributed by atoms with Gasteiger partial charge in [0.1, 0.15) is 5.75 Å². The molecule has 8 heteroatoms. The summed E-state index contributed by atoms with van der Waals surface area (Å²) in [5.74, 6) is -0.890. The van der Waals surface area contributed by atoms with Crippen LogP contribution in [0.2, 0.25) is 20.1 Å². The third-order valence-corrected chi connectivity index (χ3v) is 4.12. The zero-order chi connectivity index (χ0) is 17.7. The van der Waals surface area contributed by atoms with Gasteiger partial charge in [-0.15, -0.1) is 0 Å². The molecule has 0 fully saturated rings. The lowest BCUT2D eigenvalue weighted by atomic mass is 10.1. The Hall–Kier alpha value is -1.46. The molecule has 0 aromatic heterocycles. The number of carbonyl (C=O) groups is 2. The van der Waals surface area contributed by atoms with Gasteiger partial charge in [0.25, 0.3) is 0 Å². The van der Waals surface area contributed by atoms with Gasteiger partial charge in [0.2, 0.25) is 0 Å². The Kier molecular flexibility index (Phi) is 6.75. The molecule has 24 heavy (non-hydrogen) atoms. The van der Waals surface area contributed by atoms with Crippen molar-refractivity contribution in [1.82, 2.24) is 0 Å². The molecule has 2 rings (SSSR count). The zero-order valence-electron chi connectivity index (χ0n) is 12.0. The maximum atomic E-state index is 11.9. The van der Waals surface area contributed by atoms with Crippen molar-refractivity contribution in [3.63, 3.8) is 0 Å². The first-order chi connectivity index (χ1) is 11.4. The van der Waals surface area contributed by atoms with E-state index < -0.39 is 19.2 Å². The van der Waals surface area contributed by atoms with Gasteiger partial charge in [-0.05, 0) is 30.3 Å². The van der Waals surface area contributed by atoms with Crippen molar-refractivity contribution in [3.8, 4) is 5.75 Å². The van der Waals surface area contributed by atoms with Crippen LogP contribution in [0.4, 0.5) is 0 Å². The van der Waals surface area contributed by atoms with Gasteiger partial charge in [0, 0.05) is 16.7 Å². The predicted octanol–water partition coefficient (Wildman–Crippen LogP) is 5.11. The summed E-state index contributed by atoms with van der Waals surface area (Å²) in [6.07, 6.45) is 0. The van der Waals surface area contributed by atoms with E-state index in [9.17, 15) is 9.59 Å². The highest BCUT2D eigenvalue weighted by atomic mass is 35.5. The van der Waals surface area contributed by atoms with Gasteiger partial charge < -0.3 is 9.47 Å². The molecule has 0 atom stereocenters. The zero-order valence-corrected chi connectivity index (χ0v) is 15.0. The quantitative estimate of drug-likeness (QED) is 0.379. The molecule has 0 radical (unpaired) electrons. The highest BCUT2D eigenvalue weighted by Gasteiger charge is 2.13. The molecule has 0 saturated heterocycles. The van der Waals surface area contributed by atoms with Crippen LogP contribution >= 0.6 is 46.4 Å². The van der Waals surface area contributed by atoms with Gasteiger partial charge in [0.05, 0.1) is 15.1 Å². The SMILES string of the molecule is O=C(COc1cc(Cl)c(Cl)cc1Cl)OCC(=O)c1ccc(Cl)cc1. The summed E-state index contributed by atoms with van der Waals surface area (Å²) in [5.41, 5.74) is 0.389. The van der Waals surface area contributed by atoms with Crippen LogP contribution in [0.5, 0.6) is 5.75 Å². The number of halogens is 4. The molecule has 0 spiro atoms. The molecule has 0 saturated carbocycles. The van der Waals surface area contributed by atoms with E-state index in [-0.39, 0.29) is 26.6 Å². The molecule has 126 valence electrons. The maximum Gasteiger partial charge on any atom is 0.344 e. The number of esters is 1. The van der Waals surface area contributed by atoms with Gasteiger partial charge in [0.15, 0.2) is 19.0 Å². The molecule has 0 bridgehead atoms. The fourth-order valence-electron chi connectivity index (χ4n) is 1.66. The molecular formula is C16H10Cl4O4. The number of hydrogen-bond acceptors (Lipinski definition) is 4. The normalized spacial score (nSPS) is 10.3. The van der Waals surface area contributed by atoms with Crippen LogP contribution in [0.25, 0.3) is 0 Å². The third kappa shape index (κ3) is 5.28. The number of carbonyl (C=O) groups excluding carboxylic acids is 2. The number of Topliss-reactive ketones (excluding diaryl/α,β-unsaturated/α-hetero) is 1. The van der Waals surface area contributed by atoms with Gasteiger partial charge in [-0.25, -0.2) is 4.79 Å². The lowest BCUT2D eigenvalue weighted by Gasteiger charge is -2.09. The highest BCUT2D eigenvalue weighted by Crippen LogP contribution is 2.33. The Morgan fingerprint density at radius 3 is 2.12 bits per heavy atom. The Morgan fingerprint density at radius 2 is 1.46 bits per heavy atom. The average Bonchev–Trinajstić information content (AvgIpc) is 2.55. The molecule has 0 heterocycles. The van der Waals surface area contributed by atoms with Crippen molar-refractivity contribution in [2.45, 2.75) is 0 Å². The number of hydrogen-bond donors (Lipinski definition) is 0. The first-order valence-electron chi connectivity index (χ1n) is 6.58. The van der Waals surface area contributed by atoms with Crippen molar-refractivity contribution < 1.29 is 19.1 Å². The van der Waals surface area contributed by atoms with Crippen LogP contribution in [0.3, 0.4) is 0 Å². The maximum absolute atomic E-state index is 11.9. The van der Waals surface area contributed by atoms with E-state index in [1.165, 1.54) is 12.1 Å². The Labute approximate surface area is 158 Å². The molecule has 0 unspecified atom stereocenters. The van der Waals surface area contributed by atoms with Gasteiger partial charge >= 0.3 is 5.97 Å². The van der Waals surface area contributed by atoms with Crippen molar-refractivity contribution >= 4 is 58.2 Å². The molecule has 0 amide bonds. The van der Waals surface area contributed by atoms with E-state index in [1.807, 2.05) is 0 Å². The summed E-state index contributed by atoms with van der Waals surface area (Å²) in [6.45, 7) is -0.829. The lowest BCUT2D eigenvalue weighted by Crippen LogP contribution is -2.19. The van der Waals surface area contributed by atoms with Crippen molar-refractivity contribution in [2.24, 2.45) is 0 Å². The largest absolute Gasteiger partial charge is 0.480 e. The van der Waals surface area contributed by atoms with Crippen LogP contribution < -0.4 is 4.74 Å². The standard InChI is InChI=1S/C16H10Cl4O4/c17-10-3-1-9(2-4-10)14(21)7-24-16(22)8-23-15-6-12(19)11(18)5-13(15)20/h1-6H,7-8H2. The fraction of sp³-hybridized carbons (Fsp3) is 0.125. The second-order valence-electron chi connectivity index (χ2n) is 4.58. The van der Waals surface area contributed by atoms with Crippen molar-refractivity contribution in [1.29, 1.82) is 0 Å². The molecule has 0 aliphatic rings. The Morgan fingerprint density at radius 1 is 0.833 bits per heavy atom. The van der Waals surface area contributed by atoms with E-state index in [0.717, 1.165) is 0 Å². The average molecular weight is 408 g/mol. The van der Waals surface area contributed by atoms with Crippen LogP contribution in [0.1, 0.15) is 10.4 Å². The van der Waals surface area contributed by atoms with E-state index >= 15 is 0 Å². The minimum Gasteiger partial charge on any atom is -0.480 e. The van der Waals surface area contributed by atoms with E-state index in [4.69, 9.17) is 55.9 Å². The monoisotopic (exact) mass is 406 g/mol. The van der Waals surface area contributed by atoms with E-state index in [1.54, 1.807) is 24.3 Å². The molecule has 2 aromatic rings. The lowest BCUT2D eigenvalue weighted by molar-refractivity contribution is -0.144. The van der Waals surface area contributed by atoms with Crippen LogP contribution in [0.15, 0.2) is 36.4 Å². The summed E-state index contributed by atoms with van der Waals surface area (Å²) in [4.78, 5) is 23.5. The Bertz CT molecular complexity index is 759. The molecule has 0 N–H and O–H groups in total. The summed E-state index contributed by atoms with van der Waals surface area (Å²) in [6, 6.07) is 9.03. The minimum atomic E-state index is -0.723. The van der Waals surface area contributed by atoms with Crippen molar-refractivity contribution in [2.75, 3.05) is 13.2 Å². The second kappa shape index (κ2) is 8.58. The van der Waals surface area contributed by atoms with Gasteiger partial charge in [-0.1, -0.05) is 46.4 Å². The van der Waals surface area contributed by atoms with Crippen LogP contribution in [-0.4, -0.2) is 25.0 Å². The fourth-order valence-corrected chi connectivity index (χ4v) is 2.38. The molecule has 0 aliphatic carbocycles. The summed E-state index contributed by atoms with van der Waals surface area (Å²) < 4.78 is 10.1. The van der Waals surface area contributed by atoms with E-state index in [0.29, 0.717) is 10.6 Å². The smallest absolute Gasteiger partial charge is 0.344 e. The second-order valence-corrected chi connectivity index (χ2v) is 6.23. The molecule has 2 aromatic carbocycles. The van der Waals surface area contributed by atoms with Crippen molar-refractivity contribution in [3.05, 3.63) is 62.1 Å². The summed E-state index contributed by atoms with van der Waals surface area (Å²) >= 11 is 23.3. The number of benzene rings is 2. The van der Waals surface area contributed by atoms with Crippen LogP contribution in [0, 0.1) is 0 Å². The Balaban J connectivity index is 1.84. The molecule has 0 aliphatic heterocycles. The topological polar surface area (TPSA) is 52.6 Å². The van der Waals surface area contributed by atoms with Gasteiger partial charge in [-0.2, -0.15) is 0 Å². The highest BCUT2D eigenvalue weighted by molar-refractivity contribution is 6.43. The molecule has 4 nitrogen and oxygen atoms in total. The third-order valence-electron chi connectivity index (χ3n) is 2.85. The number of ketones is 1. The summed E-state index contributed by atoms with van der Waals surface area (Å²) in [7, 11) is 0. The van der Waals surface area contributed by atoms with E-state index in [2.05, 4.69) is 0 Å². The minimum absolute atomic E-state index is 0.187. The van der Waals surface area contributed by atoms with Crippen LogP contribution in [-0.2, 0) is 9.53 Å². The number of ether oxygens (including phenoxy) is 2. The molecular weight excluding hydrogens is 398 g/mol. The first-order valence-corrected chi connectivity index (χ1v) is 8.09. The summed E-state index contributed by atoms with van der Waals surface area (Å²) in [5, 5.41) is 1.22.